The number of hydrogen-bond acceptors (Lipinski definition) is 5. The number of halogens is 4. The van der Waals surface area contributed by atoms with E-state index in [1.54, 1.807) is 50.4 Å². The van der Waals surface area contributed by atoms with Crippen molar-refractivity contribution in [1.82, 2.24) is 4.72 Å². The van der Waals surface area contributed by atoms with E-state index >= 15 is 0 Å². The van der Waals surface area contributed by atoms with Gasteiger partial charge >= 0.3 is 6.18 Å². The lowest BCUT2D eigenvalue weighted by Gasteiger charge is -2.21. The highest BCUT2D eigenvalue weighted by Gasteiger charge is 2.31. The molecule has 2 rings (SSSR count). The highest BCUT2D eigenvalue weighted by molar-refractivity contribution is 9.11. The van der Waals surface area contributed by atoms with Gasteiger partial charge in [0.2, 0.25) is 10.0 Å². The summed E-state index contributed by atoms with van der Waals surface area (Å²) in [5.41, 5.74) is -0.305. The molecule has 0 saturated heterocycles. The van der Waals surface area contributed by atoms with Crippen molar-refractivity contribution >= 4 is 26.0 Å². The molecule has 0 bridgehead atoms. The van der Waals surface area contributed by atoms with Gasteiger partial charge in [-0.25, -0.2) is 8.42 Å². The Morgan fingerprint density at radius 2 is 1.73 bits per heavy atom. The average Bonchev–Trinajstić information content (AvgIpc) is 2.77. The van der Waals surface area contributed by atoms with Gasteiger partial charge in [0.05, 0.1) is 35.8 Å². The van der Waals surface area contributed by atoms with E-state index in [-0.39, 0.29) is 11.7 Å². The smallest absolute Gasteiger partial charge is 0.382 e. The van der Waals surface area contributed by atoms with E-state index < -0.39 is 33.9 Å². The number of rotatable bonds is 12. The Hall–Kier alpha value is -1.76. The molecule has 2 aromatic carbocycles. The molecule has 0 radical (unpaired) electrons. The zero-order chi connectivity index (χ0) is 24.5. The predicted molar refractivity (Wildman–Crippen MR) is 121 cm³/mol. The molecular formula is C22H25BrF3NO5S. The minimum atomic E-state index is -4.56. The van der Waals surface area contributed by atoms with Crippen molar-refractivity contribution in [2.24, 2.45) is 0 Å². The monoisotopic (exact) mass is 551 g/mol. The van der Waals surface area contributed by atoms with Crippen LogP contribution < -0.4 is 4.72 Å². The number of ether oxygens (including phenoxy) is 3. The van der Waals surface area contributed by atoms with Crippen LogP contribution in [0, 0.1) is 0 Å². The molecule has 0 aliphatic carbocycles. The summed E-state index contributed by atoms with van der Waals surface area (Å²) in [5.74, 6) is 0. The van der Waals surface area contributed by atoms with Gasteiger partial charge in [0.1, 0.15) is 6.79 Å². The van der Waals surface area contributed by atoms with E-state index in [9.17, 15) is 21.6 Å². The van der Waals surface area contributed by atoms with Crippen molar-refractivity contribution in [3.63, 3.8) is 0 Å². The molecule has 0 fully saturated rings. The van der Waals surface area contributed by atoms with Crippen LogP contribution in [0.5, 0.6) is 0 Å². The van der Waals surface area contributed by atoms with Crippen LogP contribution in [0.3, 0.4) is 0 Å². The van der Waals surface area contributed by atoms with E-state index in [4.69, 9.17) is 14.2 Å². The molecule has 0 unspecified atom stereocenters. The van der Waals surface area contributed by atoms with Gasteiger partial charge in [0.25, 0.3) is 0 Å². The Bertz CT molecular complexity index is 999. The van der Waals surface area contributed by atoms with E-state index in [2.05, 4.69) is 20.7 Å². The summed E-state index contributed by atoms with van der Waals surface area (Å²) < 4.78 is 83.0. The van der Waals surface area contributed by atoms with Gasteiger partial charge in [-0.1, -0.05) is 46.3 Å². The average molecular weight is 552 g/mol. The maximum Gasteiger partial charge on any atom is 0.416 e. The fourth-order valence-corrected chi connectivity index (χ4v) is 4.81. The van der Waals surface area contributed by atoms with Crippen LogP contribution in [-0.2, 0) is 30.4 Å². The van der Waals surface area contributed by atoms with Crippen LogP contribution in [0.25, 0.3) is 0 Å². The zero-order valence-electron chi connectivity index (χ0n) is 18.0. The first-order chi connectivity index (χ1) is 15.5. The molecule has 0 amide bonds. The number of nitrogens with one attached hydrogen (secondary N) is 1. The minimum Gasteiger partial charge on any atom is -0.382 e. The van der Waals surface area contributed by atoms with Gasteiger partial charge in [0, 0.05) is 11.6 Å². The Balaban J connectivity index is 2.22. The molecule has 0 aliphatic heterocycles. The third-order valence-corrected chi connectivity index (χ3v) is 6.57. The first-order valence-electron chi connectivity index (χ1n) is 9.84. The van der Waals surface area contributed by atoms with E-state index in [1.807, 2.05) is 0 Å². The van der Waals surface area contributed by atoms with Crippen LogP contribution in [0.2, 0.25) is 0 Å². The van der Waals surface area contributed by atoms with E-state index in [1.165, 1.54) is 0 Å². The number of sulfonamides is 1. The highest BCUT2D eigenvalue weighted by Crippen LogP contribution is 2.31. The van der Waals surface area contributed by atoms with Gasteiger partial charge in [-0.2, -0.15) is 17.9 Å². The lowest BCUT2D eigenvalue weighted by Crippen LogP contribution is -2.29. The minimum absolute atomic E-state index is 0.0224. The maximum absolute atomic E-state index is 12.9. The quantitative estimate of drug-likeness (QED) is 0.296. The third kappa shape index (κ3) is 8.84. The largest absolute Gasteiger partial charge is 0.416 e. The Kier molecular flexibility index (Phi) is 10.5. The molecular weight excluding hydrogens is 527 g/mol. The van der Waals surface area contributed by atoms with Crippen LogP contribution in [-0.4, -0.2) is 41.6 Å². The SMILES string of the molecule is COCCOCO[C@@H](C)/C=C(/Br)[C@H](NS(=O)(=O)c1ccc(C(F)(F)F)cc1)c1ccccc1. The number of methoxy groups -OCH3 is 1. The summed E-state index contributed by atoms with van der Waals surface area (Å²) in [4.78, 5) is -0.285. The van der Waals surface area contributed by atoms with Crippen LogP contribution in [0.4, 0.5) is 13.2 Å². The normalized spacial score (nSPS) is 14.8. The summed E-state index contributed by atoms with van der Waals surface area (Å²) >= 11 is 3.42. The molecule has 0 spiro atoms. The maximum atomic E-state index is 12.9. The highest BCUT2D eigenvalue weighted by atomic mass is 79.9. The predicted octanol–water partition coefficient (Wildman–Crippen LogP) is 5.03. The molecule has 1 N–H and O–H groups in total. The van der Waals surface area contributed by atoms with Crippen molar-refractivity contribution in [2.75, 3.05) is 27.1 Å². The zero-order valence-corrected chi connectivity index (χ0v) is 20.4. The summed E-state index contributed by atoms with van der Waals surface area (Å²) in [6.45, 7) is 2.58. The number of alkyl halides is 3. The fourth-order valence-electron chi connectivity index (χ4n) is 2.70. The van der Waals surface area contributed by atoms with Crippen molar-refractivity contribution in [3.05, 3.63) is 76.3 Å². The van der Waals surface area contributed by atoms with E-state index in [0.29, 0.717) is 23.3 Å². The van der Waals surface area contributed by atoms with Gasteiger partial charge in [-0.3, -0.25) is 0 Å². The summed E-state index contributed by atoms with van der Waals surface area (Å²) in [6.07, 6.45) is -3.31. The lowest BCUT2D eigenvalue weighted by atomic mass is 10.1. The molecule has 11 heteroatoms. The second-order valence-corrected chi connectivity index (χ2v) is 9.56. The first-order valence-corrected chi connectivity index (χ1v) is 12.1. The molecule has 0 aliphatic rings. The van der Waals surface area contributed by atoms with E-state index in [0.717, 1.165) is 24.3 Å². The standard InChI is InChI=1S/C22H25BrF3NO5S/c1-16(32-15-31-13-12-30-2)14-20(23)21(17-6-4-3-5-7-17)27-33(28,29)19-10-8-18(9-11-19)22(24,25)26/h3-11,14,16,21,27H,12-13,15H2,1-2H3/b20-14+/t16-,21+/m0/s1. The van der Waals surface area contributed by atoms with Gasteiger partial charge in [-0.05, 0) is 42.8 Å². The van der Waals surface area contributed by atoms with Crippen LogP contribution >= 0.6 is 15.9 Å². The van der Waals surface area contributed by atoms with Crippen molar-refractivity contribution in [2.45, 2.75) is 30.1 Å². The summed E-state index contributed by atoms with van der Waals surface area (Å²) in [5, 5.41) is 0. The molecule has 2 atom stereocenters. The second kappa shape index (κ2) is 12.6. The molecule has 0 aromatic heterocycles. The molecule has 0 heterocycles. The molecule has 6 nitrogen and oxygen atoms in total. The summed E-state index contributed by atoms with van der Waals surface area (Å²) in [7, 11) is -2.59. The summed E-state index contributed by atoms with van der Waals surface area (Å²) in [6, 6.07) is 11.2. The van der Waals surface area contributed by atoms with Crippen molar-refractivity contribution < 1.29 is 35.8 Å². The van der Waals surface area contributed by atoms with Gasteiger partial charge in [0.15, 0.2) is 0 Å². The Morgan fingerprint density at radius 1 is 1.09 bits per heavy atom. The Morgan fingerprint density at radius 3 is 2.30 bits per heavy atom. The van der Waals surface area contributed by atoms with Crippen molar-refractivity contribution in [1.29, 1.82) is 0 Å². The number of hydrogen-bond donors (Lipinski definition) is 1. The van der Waals surface area contributed by atoms with Crippen LogP contribution in [0.15, 0.2) is 70.1 Å². The second-order valence-electron chi connectivity index (χ2n) is 6.93. The Labute approximate surface area is 199 Å². The molecule has 0 saturated carbocycles. The van der Waals surface area contributed by atoms with Gasteiger partial charge < -0.3 is 14.2 Å². The fraction of sp³-hybridized carbons (Fsp3) is 0.364. The molecule has 33 heavy (non-hydrogen) atoms. The topological polar surface area (TPSA) is 73.9 Å². The molecule has 2 aromatic rings. The lowest BCUT2D eigenvalue weighted by molar-refractivity contribution is -0.137. The first kappa shape index (κ1) is 27.5. The van der Waals surface area contributed by atoms with Crippen molar-refractivity contribution in [3.8, 4) is 0 Å². The van der Waals surface area contributed by atoms with Gasteiger partial charge in [-0.15, -0.1) is 0 Å². The third-order valence-electron chi connectivity index (χ3n) is 4.41. The van der Waals surface area contributed by atoms with Crippen LogP contribution in [0.1, 0.15) is 24.1 Å². The number of benzene rings is 2. The molecule has 182 valence electrons.